The number of carbonyl (C=O) groups excluding carboxylic acids is 3. The van der Waals surface area contributed by atoms with Gasteiger partial charge in [-0.1, -0.05) is 37.1 Å². The van der Waals surface area contributed by atoms with Crippen LogP contribution in [0.3, 0.4) is 0 Å². The minimum Gasteiger partial charge on any atom is -0.494 e. The molecule has 0 radical (unpaired) electrons. The van der Waals surface area contributed by atoms with E-state index in [1.807, 2.05) is 69.3 Å². The minimum absolute atomic E-state index is 0.0450. The second-order valence-electron chi connectivity index (χ2n) is 11.3. The lowest BCUT2D eigenvalue weighted by Gasteiger charge is -2.36. The molecule has 0 saturated carbocycles. The summed E-state index contributed by atoms with van der Waals surface area (Å²) in [5.74, 6) is -1.33. The molecular formula is C31H41N3O6. The van der Waals surface area contributed by atoms with Crippen LogP contribution in [0, 0.1) is 11.8 Å². The van der Waals surface area contributed by atoms with E-state index >= 15 is 0 Å². The van der Waals surface area contributed by atoms with Crippen LogP contribution in [-0.2, 0) is 19.1 Å². The summed E-state index contributed by atoms with van der Waals surface area (Å²) in [6, 6.07) is 6.53. The largest absolute Gasteiger partial charge is 0.494 e. The molecule has 4 aliphatic heterocycles. The number of ether oxygens (including phenoxy) is 2. The van der Waals surface area contributed by atoms with Crippen LogP contribution >= 0.6 is 0 Å². The third kappa shape index (κ3) is 4.83. The fourth-order valence-corrected chi connectivity index (χ4v) is 6.73. The van der Waals surface area contributed by atoms with Crippen LogP contribution in [0.5, 0.6) is 5.75 Å². The molecule has 5 rings (SSSR count). The molecule has 9 heteroatoms. The number of fused-ring (bicyclic) bond motifs is 2. The second kappa shape index (κ2) is 11.7. The number of aliphatic hydroxyl groups excluding tert-OH is 1. The van der Waals surface area contributed by atoms with Crippen molar-refractivity contribution in [3.63, 3.8) is 0 Å². The Hall–Kier alpha value is -3.17. The molecule has 216 valence electrons. The molecule has 1 aromatic carbocycles. The average molecular weight is 552 g/mol. The Morgan fingerprint density at radius 2 is 1.75 bits per heavy atom. The Balaban J connectivity index is 1.49. The number of hydrogen-bond acceptors (Lipinski definition) is 6. The first kappa shape index (κ1) is 28.4. The van der Waals surface area contributed by atoms with Crippen molar-refractivity contribution in [1.29, 1.82) is 0 Å². The first-order valence-electron chi connectivity index (χ1n) is 14.6. The zero-order valence-corrected chi connectivity index (χ0v) is 23.7. The van der Waals surface area contributed by atoms with Crippen molar-refractivity contribution in [3.05, 3.63) is 48.6 Å². The van der Waals surface area contributed by atoms with Crippen LogP contribution < -0.4 is 9.64 Å². The Kier molecular flexibility index (Phi) is 8.33. The number of carbonyl (C=O) groups is 3. The van der Waals surface area contributed by atoms with Gasteiger partial charge in [-0.3, -0.25) is 14.4 Å². The highest BCUT2D eigenvalue weighted by molar-refractivity contribution is 6.03. The van der Waals surface area contributed by atoms with Crippen molar-refractivity contribution in [1.82, 2.24) is 9.80 Å². The summed E-state index contributed by atoms with van der Waals surface area (Å²) in [5.41, 5.74) is -0.485. The molecular weight excluding hydrogens is 510 g/mol. The van der Waals surface area contributed by atoms with Crippen LogP contribution in [0.2, 0.25) is 0 Å². The number of hydrogen-bond donors (Lipinski definition) is 1. The number of nitrogens with zero attached hydrogens (tertiary/aromatic N) is 3. The second-order valence-corrected chi connectivity index (χ2v) is 11.3. The predicted molar refractivity (Wildman–Crippen MR) is 151 cm³/mol. The van der Waals surface area contributed by atoms with Crippen LogP contribution in [-0.4, -0.2) is 89.3 Å². The number of amides is 3. The highest BCUT2D eigenvalue weighted by Crippen LogP contribution is 2.53. The maximum Gasteiger partial charge on any atom is 0.249 e. The van der Waals surface area contributed by atoms with Gasteiger partial charge >= 0.3 is 0 Å². The number of benzene rings is 1. The van der Waals surface area contributed by atoms with Gasteiger partial charge in [0.25, 0.3) is 0 Å². The van der Waals surface area contributed by atoms with Crippen molar-refractivity contribution in [3.8, 4) is 5.75 Å². The quantitative estimate of drug-likeness (QED) is 0.355. The van der Waals surface area contributed by atoms with Crippen LogP contribution in [0.4, 0.5) is 5.69 Å². The summed E-state index contributed by atoms with van der Waals surface area (Å²) in [6.07, 6.45) is 10.1. The summed E-state index contributed by atoms with van der Waals surface area (Å²) >= 11 is 0. The molecule has 1 unspecified atom stereocenters. The summed E-state index contributed by atoms with van der Waals surface area (Å²) in [7, 11) is 0. The van der Waals surface area contributed by atoms with Gasteiger partial charge in [-0.05, 0) is 57.9 Å². The molecule has 0 aliphatic carbocycles. The van der Waals surface area contributed by atoms with Gasteiger partial charge in [0.1, 0.15) is 17.4 Å². The Morgan fingerprint density at radius 1 is 1.00 bits per heavy atom. The molecule has 0 bridgehead atoms. The van der Waals surface area contributed by atoms with Gasteiger partial charge in [-0.2, -0.15) is 0 Å². The van der Waals surface area contributed by atoms with E-state index in [9.17, 15) is 14.4 Å². The van der Waals surface area contributed by atoms with Crippen molar-refractivity contribution >= 4 is 23.4 Å². The predicted octanol–water partition coefficient (Wildman–Crippen LogP) is 2.93. The summed E-state index contributed by atoms with van der Waals surface area (Å²) in [4.78, 5) is 47.7. The number of unbranched alkanes of at least 4 members (excludes halogenated alkanes) is 3. The van der Waals surface area contributed by atoms with Crippen molar-refractivity contribution < 1.29 is 29.0 Å². The van der Waals surface area contributed by atoms with Crippen molar-refractivity contribution in [2.24, 2.45) is 11.8 Å². The van der Waals surface area contributed by atoms with Crippen molar-refractivity contribution in [2.75, 3.05) is 37.7 Å². The van der Waals surface area contributed by atoms with Crippen LogP contribution in [0.1, 0.15) is 46.5 Å². The summed E-state index contributed by atoms with van der Waals surface area (Å²) in [5, 5.41) is 9.14. The number of anilines is 1. The molecule has 2 saturated heterocycles. The zero-order chi connectivity index (χ0) is 28.4. The maximum absolute atomic E-state index is 14.3. The number of aliphatic hydroxyl groups is 1. The molecule has 0 aromatic heterocycles. The highest BCUT2D eigenvalue weighted by Gasteiger charge is 2.71. The van der Waals surface area contributed by atoms with E-state index in [1.54, 1.807) is 14.7 Å². The first-order chi connectivity index (χ1) is 19.3. The molecule has 40 heavy (non-hydrogen) atoms. The monoisotopic (exact) mass is 551 g/mol. The van der Waals surface area contributed by atoms with Gasteiger partial charge in [0.2, 0.25) is 17.7 Å². The Labute approximate surface area is 236 Å². The fourth-order valence-electron chi connectivity index (χ4n) is 6.73. The zero-order valence-electron chi connectivity index (χ0n) is 23.7. The lowest BCUT2D eigenvalue weighted by Crippen LogP contribution is -2.56. The van der Waals surface area contributed by atoms with Gasteiger partial charge < -0.3 is 29.3 Å². The molecule has 1 spiro atoms. The molecule has 1 N–H and O–H groups in total. The lowest BCUT2D eigenvalue weighted by atomic mass is 9.77. The smallest absolute Gasteiger partial charge is 0.249 e. The van der Waals surface area contributed by atoms with E-state index in [1.165, 1.54) is 0 Å². The van der Waals surface area contributed by atoms with Crippen LogP contribution in [0.15, 0.2) is 48.6 Å². The molecule has 1 aromatic rings. The van der Waals surface area contributed by atoms with Gasteiger partial charge in [-0.25, -0.2) is 0 Å². The number of rotatable bonds is 10. The van der Waals surface area contributed by atoms with Crippen LogP contribution in [0.25, 0.3) is 0 Å². The Morgan fingerprint density at radius 3 is 2.45 bits per heavy atom. The summed E-state index contributed by atoms with van der Waals surface area (Å²) in [6.45, 7) is 7.76. The van der Waals surface area contributed by atoms with E-state index in [4.69, 9.17) is 14.6 Å². The molecule has 3 amide bonds. The third-order valence-electron chi connectivity index (χ3n) is 8.58. The summed E-state index contributed by atoms with van der Waals surface area (Å²) < 4.78 is 12.3. The van der Waals surface area contributed by atoms with Gasteiger partial charge in [0.05, 0.1) is 24.5 Å². The minimum atomic E-state index is -1.21. The van der Waals surface area contributed by atoms with Gasteiger partial charge in [0, 0.05) is 38.0 Å². The maximum atomic E-state index is 14.3. The molecule has 9 nitrogen and oxygen atoms in total. The van der Waals surface area contributed by atoms with Crippen molar-refractivity contribution in [2.45, 2.75) is 70.2 Å². The average Bonchev–Trinajstić information content (AvgIpc) is 3.24. The molecule has 5 atom stereocenters. The standard InChI is InChI=1S/C31H41N3O6/c1-4-39-23-14-12-22(13-15-23)33-18-9-11-24-25(28(33)36)26-29(37)34(17-7-5-6-8-20-35)27-30(38)32(21(2)3)19-10-16-31(26,27)40-24/h9-16,21,24-27,35H,4-8,17-20H2,1-3H3/t24-,25+,26-,27?,31-/m0/s1. The first-order valence-corrected chi connectivity index (χ1v) is 14.6. The van der Waals surface area contributed by atoms with E-state index < -0.39 is 29.6 Å². The van der Waals surface area contributed by atoms with E-state index in [0.29, 0.717) is 39.1 Å². The normalized spacial score (nSPS) is 29.5. The highest BCUT2D eigenvalue weighted by atomic mass is 16.5. The Bertz CT molecular complexity index is 1160. The molecule has 4 heterocycles. The van der Waals surface area contributed by atoms with E-state index in [2.05, 4.69) is 0 Å². The number of likely N-dealkylation sites (tertiary alicyclic amines) is 1. The lowest BCUT2D eigenvalue weighted by molar-refractivity contribution is -0.148. The molecule has 4 aliphatic rings. The van der Waals surface area contributed by atoms with E-state index in [-0.39, 0.29) is 30.4 Å². The van der Waals surface area contributed by atoms with Gasteiger partial charge in [-0.15, -0.1) is 0 Å². The third-order valence-corrected chi connectivity index (χ3v) is 8.58. The molecule has 2 fully saturated rings. The van der Waals surface area contributed by atoms with Gasteiger partial charge in [0.15, 0.2) is 0 Å². The SMILES string of the molecule is CCOc1ccc(N2CC=C[C@@H]3O[C@]45C=CCN(C(C)C)C(=O)C4N(CCCCCCO)C(=O)[C@@H]5[C@@H]3C2=O)cc1. The van der Waals surface area contributed by atoms with E-state index in [0.717, 1.165) is 24.3 Å². The topological polar surface area (TPSA) is 99.6 Å². The fraction of sp³-hybridized carbons (Fsp3) is 0.581.